The Hall–Kier alpha value is -1.96. The van der Waals surface area contributed by atoms with E-state index in [1.807, 2.05) is 0 Å². The predicted molar refractivity (Wildman–Crippen MR) is 106 cm³/mol. The first-order valence-electron chi connectivity index (χ1n) is 10.1. The molecule has 0 bridgehead atoms. The van der Waals surface area contributed by atoms with Gasteiger partial charge < -0.3 is 10.6 Å². The second-order valence-corrected chi connectivity index (χ2v) is 8.18. The summed E-state index contributed by atoms with van der Waals surface area (Å²) in [5.74, 6) is 0.778. The molecule has 25 heavy (non-hydrogen) atoms. The van der Waals surface area contributed by atoms with Crippen molar-refractivity contribution in [3.05, 3.63) is 47.0 Å². The number of benzene rings is 2. The number of nitrogens with zero attached hydrogens (tertiary/aromatic N) is 1. The molecule has 1 saturated heterocycles. The van der Waals surface area contributed by atoms with Crippen molar-refractivity contribution in [2.24, 2.45) is 0 Å². The van der Waals surface area contributed by atoms with Crippen LogP contribution < -0.4 is 10.6 Å². The number of nitrogen functional groups attached to an aromatic ring is 1. The van der Waals surface area contributed by atoms with Crippen LogP contribution in [0.4, 0.5) is 11.4 Å². The van der Waals surface area contributed by atoms with E-state index in [-0.39, 0.29) is 0 Å². The van der Waals surface area contributed by atoms with E-state index in [1.165, 1.54) is 86.0 Å². The fraction of sp³-hybridized carbons (Fsp3) is 0.478. The zero-order valence-corrected chi connectivity index (χ0v) is 15.1. The molecule has 1 heterocycles. The van der Waals surface area contributed by atoms with E-state index in [4.69, 9.17) is 5.73 Å². The van der Waals surface area contributed by atoms with Crippen LogP contribution in [0.25, 0.3) is 11.1 Å². The molecule has 0 spiro atoms. The van der Waals surface area contributed by atoms with Crippen molar-refractivity contribution in [2.45, 2.75) is 57.3 Å². The van der Waals surface area contributed by atoms with Crippen LogP contribution >= 0.6 is 0 Å². The van der Waals surface area contributed by atoms with Crippen molar-refractivity contribution in [2.75, 3.05) is 23.7 Å². The van der Waals surface area contributed by atoms with Crippen LogP contribution in [0.5, 0.6) is 0 Å². The largest absolute Gasteiger partial charge is 0.398 e. The highest BCUT2D eigenvalue weighted by molar-refractivity contribution is 5.85. The first kappa shape index (κ1) is 15.3. The van der Waals surface area contributed by atoms with E-state index in [0.717, 1.165) is 18.0 Å². The molecule has 0 aromatic heterocycles. The van der Waals surface area contributed by atoms with E-state index in [9.17, 15) is 0 Å². The Balaban J connectivity index is 1.51. The molecule has 1 saturated carbocycles. The molecule has 2 aromatic rings. The molecule has 130 valence electrons. The fourth-order valence-corrected chi connectivity index (χ4v) is 5.18. The summed E-state index contributed by atoms with van der Waals surface area (Å²) < 4.78 is 0. The summed E-state index contributed by atoms with van der Waals surface area (Å²) >= 11 is 0. The Bertz CT molecular complexity index is 796. The fourth-order valence-electron chi connectivity index (χ4n) is 5.18. The minimum Gasteiger partial charge on any atom is -0.398 e. The Morgan fingerprint density at radius 3 is 2.44 bits per heavy atom. The van der Waals surface area contributed by atoms with Crippen molar-refractivity contribution in [3.8, 4) is 11.1 Å². The van der Waals surface area contributed by atoms with Gasteiger partial charge in [0.05, 0.1) is 0 Å². The average Bonchev–Trinajstić information content (AvgIpc) is 3.30. The Morgan fingerprint density at radius 1 is 0.840 bits per heavy atom. The number of nitrogens with two attached hydrogens (primary N) is 1. The summed E-state index contributed by atoms with van der Waals surface area (Å²) in [6.45, 7) is 2.34. The van der Waals surface area contributed by atoms with Gasteiger partial charge in [-0.05, 0) is 71.6 Å². The summed E-state index contributed by atoms with van der Waals surface area (Å²) in [6, 6.07) is 11.8. The normalized spacial score (nSPS) is 19.9. The molecule has 2 nitrogen and oxygen atoms in total. The lowest BCUT2D eigenvalue weighted by Crippen LogP contribution is -2.17. The first-order valence-corrected chi connectivity index (χ1v) is 10.1. The minimum absolute atomic E-state index is 0.778. The Kier molecular flexibility index (Phi) is 3.73. The van der Waals surface area contributed by atoms with E-state index in [0.29, 0.717) is 0 Å². The molecule has 2 fully saturated rings. The highest BCUT2D eigenvalue weighted by Gasteiger charge is 2.25. The van der Waals surface area contributed by atoms with Gasteiger partial charge in [-0.1, -0.05) is 37.5 Å². The first-order chi connectivity index (χ1) is 12.3. The highest BCUT2D eigenvalue weighted by Crippen LogP contribution is 2.44. The molecule has 2 N–H and O–H groups in total. The van der Waals surface area contributed by atoms with Gasteiger partial charge in [-0.15, -0.1) is 0 Å². The van der Waals surface area contributed by atoms with Gasteiger partial charge in [0.15, 0.2) is 0 Å². The van der Waals surface area contributed by atoms with Gasteiger partial charge in [-0.25, -0.2) is 0 Å². The van der Waals surface area contributed by atoms with E-state index in [2.05, 4.69) is 35.2 Å². The molecule has 0 amide bonds. The van der Waals surface area contributed by atoms with Crippen LogP contribution in [0.15, 0.2) is 30.3 Å². The smallest absolute Gasteiger partial charge is 0.0393 e. The third-order valence-corrected chi connectivity index (χ3v) is 6.60. The van der Waals surface area contributed by atoms with Crippen LogP contribution in [0.2, 0.25) is 0 Å². The molecular weight excluding hydrogens is 304 g/mol. The zero-order chi connectivity index (χ0) is 16.8. The summed E-state index contributed by atoms with van der Waals surface area (Å²) in [7, 11) is 0. The molecule has 2 heteroatoms. The molecular formula is C23H28N2. The van der Waals surface area contributed by atoms with Crippen molar-refractivity contribution < 1.29 is 0 Å². The van der Waals surface area contributed by atoms with Crippen molar-refractivity contribution in [3.63, 3.8) is 0 Å². The van der Waals surface area contributed by atoms with Crippen molar-refractivity contribution in [1.29, 1.82) is 0 Å². The second-order valence-electron chi connectivity index (χ2n) is 8.18. The van der Waals surface area contributed by atoms with Crippen molar-refractivity contribution in [1.82, 2.24) is 0 Å². The lowest BCUT2D eigenvalue weighted by molar-refractivity contribution is 0.443. The van der Waals surface area contributed by atoms with Gasteiger partial charge >= 0.3 is 0 Å². The Labute approximate surface area is 151 Å². The topological polar surface area (TPSA) is 29.3 Å². The van der Waals surface area contributed by atoms with E-state index >= 15 is 0 Å². The van der Waals surface area contributed by atoms with Gasteiger partial charge in [-0.2, -0.15) is 0 Å². The number of anilines is 2. The molecule has 2 aliphatic carbocycles. The lowest BCUT2D eigenvalue weighted by atomic mass is 9.83. The maximum Gasteiger partial charge on any atom is 0.0393 e. The maximum absolute atomic E-state index is 6.47. The van der Waals surface area contributed by atoms with Crippen LogP contribution in [0.1, 0.15) is 67.6 Å². The number of hydrogen-bond donors (Lipinski definition) is 1. The molecule has 0 radical (unpaired) electrons. The number of fused-ring (bicyclic) bond motifs is 3. The summed E-state index contributed by atoms with van der Waals surface area (Å²) in [5, 5.41) is 0. The van der Waals surface area contributed by atoms with Crippen LogP contribution in [-0.2, 0) is 6.42 Å². The van der Waals surface area contributed by atoms with Crippen LogP contribution in [-0.4, -0.2) is 13.1 Å². The summed E-state index contributed by atoms with van der Waals surface area (Å²) in [6.07, 6.45) is 10.6. The predicted octanol–water partition coefficient (Wildman–Crippen LogP) is 5.49. The monoisotopic (exact) mass is 332 g/mol. The summed E-state index contributed by atoms with van der Waals surface area (Å²) in [5.41, 5.74) is 16.0. The van der Waals surface area contributed by atoms with Crippen LogP contribution in [0.3, 0.4) is 0 Å². The van der Waals surface area contributed by atoms with Crippen LogP contribution in [0, 0.1) is 0 Å². The lowest BCUT2D eigenvalue weighted by Gasteiger charge is -2.22. The third-order valence-electron chi connectivity index (χ3n) is 6.60. The summed E-state index contributed by atoms with van der Waals surface area (Å²) in [4.78, 5) is 2.49. The SMILES string of the molecule is Nc1cc(N2CCCC2)cc2c1Cc1cc(C3CCCCC3)ccc1-2. The van der Waals surface area contributed by atoms with Gasteiger partial charge in [0.2, 0.25) is 0 Å². The average molecular weight is 332 g/mol. The second kappa shape index (κ2) is 6.09. The third kappa shape index (κ3) is 2.63. The number of rotatable bonds is 2. The minimum atomic E-state index is 0.778. The number of hydrogen-bond acceptors (Lipinski definition) is 2. The molecule has 0 unspecified atom stereocenters. The molecule has 0 atom stereocenters. The van der Waals surface area contributed by atoms with E-state index in [1.54, 1.807) is 5.56 Å². The molecule has 5 rings (SSSR count). The molecule has 3 aliphatic rings. The molecule has 1 aliphatic heterocycles. The van der Waals surface area contributed by atoms with Gasteiger partial charge in [0.25, 0.3) is 0 Å². The quantitative estimate of drug-likeness (QED) is 0.629. The standard InChI is InChI=1S/C23H28N2/c24-23-15-19(25-10-4-5-11-25)14-21-20-9-8-17(12-18(20)13-22(21)23)16-6-2-1-3-7-16/h8-9,12,14-16H,1-7,10-11,13,24H2. The molecule has 2 aromatic carbocycles. The van der Waals surface area contributed by atoms with E-state index < -0.39 is 0 Å². The Morgan fingerprint density at radius 2 is 1.64 bits per heavy atom. The maximum atomic E-state index is 6.47. The zero-order valence-electron chi connectivity index (χ0n) is 15.1. The van der Waals surface area contributed by atoms with Gasteiger partial charge in [-0.3, -0.25) is 0 Å². The van der Waals surface area contributed by atoms with Gasteiger partial charge in [0.1, 0.15) is 0 Å². The highest BCUT2D eigenvalue weighted by atomic mass is 15.1. The van der Waals surface area contributed by atoms with Crippen molar-refractivity contribution >= 4 is 11.4 Å². The van der Waals surface area contributed by atoms with Gasteiger partial charge in [0, 0.05) is 30.9 Å².